The van der Waals surface area contributed by atoms with Crippen molar-refractivity contribution in [2.75, 3.05) is 6.61 Å². The summed E-state index contributed by atoms with van der Waals surface area (Å²) < 4.78 is 12.3. The molecule has 0 aromatic heterocycles. The van der Waals surface area contributed by atoms with Crippen LogP contribution in [-0.4, -0.2) is 18.7 Å². The fraction of sp³-hybridized carbons (Fsp3) is 0.167. The molecule has 154 valence electrons. The maximum absolute atomic E-state index is 12.0. The van der Waals surface area contributed by atoms with Crippen LogP contribution in [0.3, 0.4) is 0 Å². The summed E-state index contributed by atoms with van der Waals surface area (Å²) in [5, 5.41) is 4.04. The fourth-order valence-corrected chi connectivity index (χ4v) is 3.08. The van der Waals surface area contributed by atoms with Crippen molar-refractivity contribution >= 4 is 28.1 Å². The van der Waals surface area contributed by atoms with Gasteiger partial charge >= 0.3 is 0 Å². The van der Waals surface area contributed by atoms with E-state index in [1.165, 1.54) is 0 Å². The molecule has 0 fully saturated rings. The minimum atomic E-state index is -0.338. The summed E-state index contributed by atoms with van der Waals surface area (Å²) in [6.45, 7) is 2.40. The van der Waals surface area contributed by atoms with Gasteiger partial charge in [-0.1, -0.05) is 65.3 Å². The predicted octanol–water partition coefficient (Wildman–Crippen LogP) is 5.12. The molecule has 0 spiro atoms. The zero-order chi connectivity index (χ0) is 21.2. The molecule has 5 nitrogen and oxygen atoms in total. The Balaban J connectivity index is 1.55. The molecular weight excluding hydrogens is 444 g/mol. The summed E-state index contributed by atoms with van der Waals surface area (Å²) >= 11 is 3.45. The minimum absolute atomic E-state index is 0.111. The smallest absolute Gasteiger partial charge is 0.277 e. The Morgan fingerprint density at radius 1 is 1.00 bits per heavy atom. The van der Waals surface area contributed by atoms with Gasteiger partial charge in [0, 0.05) is 10.0 Å². The molecule has 0 radical (unpaired) electrons. The number of carbonyl (C=O) groups is 1. The number of benzene rings is 3. The topological polar surface area (TPSA) is 59.9 Å². The zero-order valence-electron chi connectivity index (χ0n) is 16.7. The lowest BCUT2D eigenvalue weighted by atomic mass is 10.2. The molecule has 0 aliphatic heterocycles. The molecule has 0 bridgehead atoms. The van der Waals surface area contributed by atoms with Crippen LogP contribution in [0.2, 0.25) is 0 Å². The second-order valence-corrected chi connectivity index (χ2v) is 7.45. The monoisotopic (exact) mass is 466 g/mol. The summed E-state index contributed by atoms with van der Waals surface area (Å²) in [6.07, 6.45) is 2.47. The lowest BCUT2D eigenvalue weighted by Gasteiger charge is -2.10. The van der Waals surface area contributed by atoms with E-state index in [4.69, 9.17) is 9.47 Å². The van der Waals surface area contributed by atoms with Crippen LogP contribution in [0.1, 0.15) is 23.6 Å². The lowest BCUT2D eigenvalue weighted by molar-refractivity contribution is -0.123. The normalized spacial score (nSPS) is 10.7. The van der Waals surface area contributed by atoms with Crippen LogP contribution < -0.4 is 14.9 Å². The Morgan fingerprint density at radius 2 is 1.80 bits per heavy atom. The van der Waals surface area contributed by atoms with E-state index in [1.807, 2.05) is 72.8 Å². The first kappa shape index (κ1) is 21.6. The van der Waals surface area contributed by atoms with Crippen LogP contribution in [0.4, 0.5) is 0 Å². The van der Waals surface area contributed by atoms with Crippen molar-refractivity contribution in [3.05, 3.63) is 94.0 Å². The summed E-state index contributed by atoms with van der Waals surface area (Å²) in [5.41, 5.74) is 5.46. The largest absolute Gasteiger partial charge is 0.488 e. The molecule has 30 heavy (non-hydrogen) atoms. The molecule has 0 heterocycles. The maximum atomic E-state index is 12.0. The molecule has 0 saturated carbocycles. The Hall–Kier alpha value is -3.12. The van der Waals surface area contributed by atoms with Gasteiger partial charge < -0.3 is 9.47 Å². The van der Waals surface area contributed by atoms with E-state index in [9.17, 15) is 4.79 Å². The average molecular weight is 467 g/mol. The van der Waals surface area contributed by atoms with Gasteiger partial charge in [-0.2, -0.15) is 5.10 Å². The summed E-state index contributed by atoms with van der Waals surface area (Å²) in [7, 11) is 0. The Morgan fingerprint density at radius 3 is 2.60 bits per heavy atom. The number of amides is 1. The van der Waals surface area contributed by atoms with Crippen molar-refractivity contribution in [1.82, 2.24) is 5.43 Å². The van der Waals surface area contributed by atoms with Gasteiger partial charge in [0.15, 0.2) is 6.61 Å². The standard InChI is InChI=1S/C24H23BrN2O3/c1-2-18-9-6-10-22(13-18)29-17-24(28)27-26-15-20-14-21(25)11-12-23(20)30-16-19-7-4-3-5-8-19/h3-15H,2,16-17H2,1H3,(H,27,28)/b26-15+. The average Bonchev–Trinajstić information content (AvgIpc) is 2.78. The third-order valence-electron chi connectivity index (χ3n) is 4.28. The number of hydrogen-bond donors (Lipinski definition) is 1. The number of halogens is 1. The van der Waals surface area contributed by atoms with Crippen molar-refractivity contribution in [2.24, 2.45) is 5.10 Å². The lowest BCUT2D eigenvalue weighted by Crippen LogP contribution is -2.24. The van der Waals surface area contributed by atoms with Gasteiger partial charge in [-0.3, -0.25) is 4.79 Å². The van der Waals surface area contributed by atoms with E-state index < -0.39 is 0 Å². The highest BCUT2D eigenvalue weighted by atomic mass is 79.9. The number of hydrazone groups is 1. The van der Waals surface area contributed by atoms with Gasteiger partial charge in [-0.15, -0.1) is 0 Å². The van der Waals surface area contributed by atoms with Crippen LogP contribution in [0, 0.1) is 0 Å². The first-order valence-corrected chi connectivity index (χ1v) is 10.4. The predicted molar refractivity (Wildman–Crippen MR) is 122 cm³/mol. The first-order valence-electron chi connectivity index (χ1n) is 9.64. The molecule has 3 rings (SSSR count). The third-order valence-corrected chi connectivity index (χ3v) is 4.77. The first-order chi connectivity index (χ1) is 14.6. The Kier molecular flexibility index (Phi) is 8.03. The highest BCUT2D eigenvalue weighted by molar-refractivity contribution is 9.10. The van der Waals surface area contributed by atoms with E-state index in [0.717, 1.165) is 27.6 Å². The van der Waals surface area contributed by atoms with Crippen LogP contribution in [0.5, 0.6) is 11.5 Å². The molecule has 0 unspecified atom stereocenters. The summed E-state index contributed by atoms with van der Waals surface area (Å²) in [5.74, 6) is 1.000. The van der Waals surface area contributed by atoms with Gasteiger partial charge in [-0.05, 0) is 47.9 Å². The molecule has 0 aliphatic rings. The van der Waals surface area contributed by atoms with Crippen molar-refractivity contribution in [3.8, 4) is 11.5 Å². The molecule has 1 amide bonds. The van der Waals surface area contributed by atoms with Crippen LogP contribution >= 0.6 is 15.9 Å². The zero-order valence-corrected chi connectivity index (χ0v) is 18.3. The summed E-state index contributed by atoms with van der Waals surface area (Å²) in [6, 6.07) is 23.2. The molecule has 6 heteroatoms. The third kappa shape index (κ3) is 6.74. The van der Waals surface area contributed by atoms with E-state index >= 15 is 0 Å². The minimum Gasteiger partial charge on any atom is -0.488 e. The number of ether oxygens (including phenoxy) is 2. The Bertz CT molecular complexity index is 1010. The van der Waals surface area contributed by atoms with Gasteiger partial charge in [0.2, 0.25) is 0 Å². The molecule has 3 aromatic rings. The quantitative estimate of drug-likeness (QED) is 0.351. The second kappa shape index (κ2) is 11.2. The van der Waals surface area contributed by atoms with Crippen LogP contribution in [-0.2, 0) is 17.8 Å². The van der Waals surface area contributed by atoms with E-state index in [2.05, 4.69) is 33.4 Å². The summed E-state index contributed by atoms with van der Waals surface area (Å²) in [4.78, 5) is 12.0. The molecule has 1 N–H and O–H groups in total. The van der Waals surface area contributed by atoms with E-state index in [1.54, 1.807) is 6.21 Å². The van der Waals surface area contributed by atoms with Gasteiger partial charge in [-0.25, -0.2) is 5.43 Å². The molecule has 0 atom stereocenters. The van der Waals surface area contributed by atoms with Gasteiger partial charge in [0.25, 0.3) is 5.91 Å². The van der Waals surface area contributed by atoms with Gasteiger partial charge in [0.1, 0.15) is 18.1 Å². The number of rotatable bonds is 9. The SMILES string of the molecule is CCc1cccc(OCC(=O)N/N=C/c2cc(Br)ccc2OCc2ccccc2)c1. The van der Waals surface area contributed by atoms with Crippen LogP contribution in [0.15, 0.2) is 82.4 Å². The maximum Gasteiger partial charge on any atom is 0.277 e. The fourth-order valence-electron chi connectivity index (χ4n) is 2.70. The van der Waals surface area contributed by atoms with Gasteiger partial charge in [0.05, 0.1) is 6.21 Å². The second-order valence-electron chi connectivity index (χ2n) is 6.54. The number of nitrogens with one attached hydrogen (secondary N) is 1. The van der Waals surface area contributed by atoms with Crippen molar-refractivity contribution in [1.29, 1.82) is 0 Å². The molecule has 3 aromatic carbocycles. The molecular formula is C24H23BrN2O3. The number of aryl methyl sites for hydroxylation is 1. The molecule has 0 saturated heterocycles. The molecule has 0 aliphatic carbocycles. The van der Waals surface area contributed by atoms with Crippen LogP contribution in [0.25, 0.3) is 0 Å². The van der Waals surface area contributed by atoms with Crippen molar-refractivity contribution < 1.29 is 14.3 Å². The van der Waals surface area contributed by atoms with Crippen molar-refractivity contribution in [3.63, 3.8) is 0 Å². The number of nitrogens with zero attached hydrogens (tertiary/aromatic N) is 1. The van der Waals surface area contributed by atoms with Crippen molar-refractivity contribution in [2.45, 2.75) is 20.0 Å². The number of hydrogen-bond acceptors (Lipinski definition) is 4. The Labute approximate surface area is 184 Å². The highest BCUT2D eigenvalue weighted by Gasteiger charge is 2.05. The number of carbonyl (C=O) groups excluding carboxylic acids is 1. The highest BCUT2D eigenvalue weighted by Crippen LogP contribution is 2.23. The van der Waals surface area contributed by atoms with E-state index in [0.29, 0.717) is 18.1 Å². The van der Waals surface area contributed by atoms with E-state index in [-0.39, 0.29) is 12.5 Å².